The second-order valence-corrected chi connectivity index (χ2v) is 4.87. The van der Waals surface area contributed by atoms with Gasteiger partial charge >= 0.3 is 0 Å². The second-order valence-electron chi connectivity index (χ2n) is 4.87. The molecule has 5 nitrogen and oxygen atoms in total. The third-order valence-electron chi connectivity index (χ3n) is 3.35. The molecule has 18 heavy (non-hydrogen) atoms. The highest BCUT2D eigenvalue weighted by atomic mass is 16.5. The standard InChI is InChI=1S/C13H24N4O/c1-3-7-14-13(12-6-5-9-18-12)11-10-15-16-17(11)8-4-2/h10,12-14H,3-9H2,1-2H3. The fraction of sp³-hybridized carbons (Fsp3) is 0.846. The Morgan fingerprint density at radius 2 is 2.39 bits per heavy atom. The SMILES string of the molecule is CCCNC(c1cnnn1CCC)C1CCCO1. The zero-order valence-corrected chi connectivity index (χ0v) is 11.4. The van der Waals surface area contributed by atoms with E-state index in [-0.39, 0.29) is 12.1 Å². The molecule has 0 spiro atoms. The molecule has 1 N–H and O–H groups in total. The highest BCUT2D eigenvalue weighted by Crippen LogP contribution is 2.26. The summed E-state index contributed by atoms with van der Waals surface area (Å²) in [6.45, 7) is 7.14. The lowest BCUT2D eigenvalue weighted by atomic mass is 10.0. The summed E-state index contributed by atoms with van der Waals surface area (Å²) in [4.78, 5) is 0. The zero-order valence-electron chi connectivity index (χ0n) is 11.4. The third kappa shape index (κ3) is 3.09. The molecule has 0 aliphatic carbocycles. The van der Waals surface area contributed by atoms with Crippen LogP contribution in [0.15, 0.2) is 6.20 Å². The van der Waals surface area contributed by atoms with Crippen molar-refractivity contribution in [2.24, 2.45) is 0 Å². The van der Waals surface area contributed by atoms with Crippen molar-refractivity contribution in [2.45, 2.75) is 58.2 Å². The van der Waals surface area contributed by atoms with Gasteiger partial charge < -0.3 is 10.1 Å². The molecule has 1 saturated heterocycles. The van der Waals surface area contributed by atoms with Crippen LogP contribution < -0.4 is 5.32 Å². The average Bonchev–Trinajstić information content (AvgIpc) is 3.02. The topological polar surface area (TPSA) is 52.0 Å². The quantitative estimate of drug-likeness (QED) is 0.805. The first-order chi connectivity index (χ1) is 8.86. The van der Waals surface area contributed by atoms with Crippen molar-refractivity contribution in [2.75, 3.05) is 13.2 Å². The Hall–Kier alpha value is -0.940. The summed E-state index contributed by atoms with van der Waals surface area (Å²) < 4.78 is 7.85. The van der Waals surface area contributed by atoms with Crippen LogP contribution in [0.1, 0.15) is 51.3 Å². The first-order valence-electron chi connectivity index (χ1n) is 7.10. The molecule has 0 radical (unpaired) electrons. The Bertz CT molecular complexity index is 347. The predicted molar refractivity (Wildman–Crippen MR) is 70.3 cm³/mol. The third-order valence-corrected chi connectivity index (χ3v) is 3.35. The highest BCUT2D eigenvalue weighted by molar-refractivity contribution is 5.06. The van der Waals surface area contributed by atoms with Crippen LogP contribution in [0.25, 0.3) is 0 Å². The summed E-state index contributed by atoms with van der Waals surface area (Å²) >= 11 is 0. The fourth-order valence-electron chi connectivity index (χ4n) is 2.48. The van der Waals surface area contributed by atoms with Crippen LogP contribution in [0.4, 0.5) is 0 Å². The minimum atomic E-state index is 0.231. The van der Waals surface area contributed by atoms with Crippen molar-refractivity contribution < 1.29 is 4.74 Å². The molecule has 1 aliphatic heterocycles. The van der Waals surface area contributed by atoms with E-state index in [1.54, 1.807) is 0 Å². The van der Waals surface area contributed by atoms with Gasteiger partial charge in [0.2, 0.25) is 0 Å². The normalized spacial score (nSPS) is 21.3. The smallest absolute Gasteiger partial charge is 0.0786 e. The van der Waals surface area contributed by atoms with Gasteiger partial charge in [0, 0.05) is 13.2 Å². The maximum atomic E-state index is 5.84. The van der Waals surface area contributed by atoms with Crippen LogP contribution in [0.2, 0.25) is 0 Å². The van der Waals surface area contributed by atoms with E-state index in [0.717, 1.165) is 51.1 Å². The van der Waals surface area contributed by atoms with Gasteiger partial charge in [-0.25, -0.2) is 4.68 Å². The molecular weight excluding hydrogens is 228 g/mol. The molecule has 0 bridgehead atoms. The summed E-state index contributed by atoms with van der Waals surface area (Å²) in [6, 6.07) is 0.231. The van der Waals surface area contributed by atoms with E-state index in [4.69, 9.17) is 4.74 Å². The van der Waals surface area contributed by atoms with Gasteiger partial charge in [-0.05, 0) is 32.2 Å². The van der Waals surface area contributed by atoms with Crippen molar-refractivity contribution in [1.29, 1.82) is 0 Å². The molecule has 5 heteroatoms. The van der Waals surface area contributed by atoms with Crippen molar-refractivity contribution in [3.63, 3.8) is 0 Å². The van der Waals surface area contributed by atoms with Gasteiger partial charge in [0.15, 0.2) is 0 Å². The molecule has 2 unspecified atom stereocenters. The number of aryl methyl sites for hydroxylation is 1. The summed E-state index contributed by atoms with van der Waals surface area (Å²) in [5.74, 6) is 0. The van der Waals surface area contributed by atoms with E-state index in [1.807, 2.05) is 10.9 Å². The number of aromatic nitrogens is 3. The molecule has 1 aromatic rings. The lowest BCUT2D eigenvalue weighted by Gasteiger charge is -2.24. The van der Waals surface area contributed by atoms with E-state index in [9.17, 15) is 0 Å². The van der Waals surface area contributed by atoms with Crippen molar-refractivity contribution in [1.82, 2.24) is 20.3 Å². The van der Waals surface area contributed by atoms with E-state index in [2.05, 4.69) is 29.5 Å². The minimum Gasteiger partial charge on any atom is -0.376 e. The van der Waals surface area contributed by atoms with Gasteiger partial charge in [-0.15, -0.1) is 5.10 Å². The lowest BCUT2D eigenvalue weighted by molar-refractivity contribution is 0.0754. The number of hydrogen-bond donors (Lipinski definition) is 1. The lowest BCUT2D eigenvalue weighted by Crippen LogP contribution is -2.34. The van der Waals surface area contributed by atoms with Crippen LogP contribution in [-0.2, 0) is 11.3 Å². The van der Waals surface area contributed by atoms with Crippen LogP contribution >= 0.6 is 0 Å². The largest absolute Gasteiger partial charge is 0.376 e. The second kappa shape index (κ2) is 6.85. The van der Waals surface area contributed by atoms with E-state index < -0.39 is 0 Å². The Kier molecular flexibility index (Phi) is 5.13. The molecular formula is C13H24N4O. The summed E-state index contributed by atoms with van der Waals surface area (Å²) in [5, 5.41) is 11.8. The first kappa shape index (κ1) is 13.5. The Morgan fingerprint density at radius 3 is 3.06 bits per heavy atom. The molecule has 1 aromatic heterocycles. The number of hydrogen-bond acceptors (Lipinski definition) is 4. The highest BCUT2D eigenvalue weighted by Gasteiger charge is 2.29. The van der Waals surface area contributed by atoms with Crippen molar-refractivity contribution in [3.8, 4) is 0 Å². The van der Waals surface area contributed by atoms with Crippen LogP contribution in [-0.4, -0.2) is 34.2 Å². The molecule has 0 aromatic carbocycles. The van der Waals surface area contributed by atoms with Gasteiger partial charge in [-0.2, -0.15) is 0 Å². The number of nitrogens with zero attached hydrogens (tertiary/aromatic N) is 3. The molecule has 2 atom stereocenters. The first-order valence-corrected chi connectivity index (χ1v) is 7.10. The molecule has 0 saturated carbocycles. The number of nitrogens with one attached hydrogen (secondary N) is 1. The Labute approximate surface area is 109 Å². The fourth-order valence-corrected chi connectivity index (χ4v) is 2.48. The maximum Gasteiger partial charge on any atom is 0.0786 e. The van der Waals surface area contributed by atoms with Gasteiger partial charge in [-0.1, -0.05) is 19.1 Å². The predicted octanol–water partition coefficient (Wildman–Crippen LogP) is 1.91. The van der Waals surface area contributed by atoms with Crippen LogP contribution in [0.5, 0.6) is 0 Å². The molecule has 1 aliphatic rings. The zero-order chi connectivity index (χ0) is 12.8. The van der Waals surface area contributed by atoms with E-state index in [1.165, 1.54) is 0 Å². The van der Waals surface area contributed by atoms with Crippen molar-refractivity contribution in [3.05, 3.63) is 11.9 Å². The van der Waals surface area contributed by atoms with Gasteiger partial charge in [0.05, 0.1) is 24.0 Å². The summed E-state index contributed by atoms with van der Waals surface area (Å²) in [7, 11) is 0. The van der Waals surface area contributed by atoms with Crippen LogP contribution in [0, 0.1) is 0 Å². The number of ether oxygens (including phenoxy) is 1. The monoisotopic (exact) mass is 252 g/mol. The Balaban J connectivity index is 2.12. The van der Waals surface area contributed by atoms with Gasteiger partial charge in [0.1, 0.15) is 0 Å². The molecule has 2 rings (SSSR count). The number of rotatable bonds is 7. The van der Waals surface area contributed by atoms with Gasteiger partial charge in [0.25, 0.3) is 0 Å². The molecule has 102 valence electrons. The summed E-state index contributed by atoms with van der Waals surface area (Å²) in [6.07, 6.45) is 6.62. The molecule has 0 amide bonds. The van der Waals surface area contributed by atoms with Crippen molar-refractivity contribution >= 4 is 0 Å². The van der Waals surface area contributed by atoms with E-state index >= 15 is 0 Å². The molecule has 1 fully saturated rings. The Morgan fingerprint density at radius 1 is 1.50 bits per heavy atom. The van der Waals surface area contributed by atoms with E-state index in [0.29, 0.717) is 0 Å². The van der Waals surface area contributed by atoms with Gasteiger partial charge in [-0.3, -0.25) is 0 Å². The molecule has 2 heterocycles. The maximum absolute atomic E-state index is 5.84. The average molecular weight is 252 g/mol. The minimum absolute atomic E-state index is 0.231. The summed E-state index contributed by atoms with van der Waals surface area (Å²) in [5.41, 5.74) is 1.16. The van der Waals surface area contributed by atoms with Crippen LogP contribution in [0.3, 0.4) is 0 Å².